The van der Waals surface area contributed by atoms with Crippen LogP contribution in [0.1, 0.15) is 25.5 Å². The Labute approximate surface area is 154 Å². The van der Waals surface area contributed by atoms with E-state index in [0.717, 1.165) is 37.8 Å². The second kappa shape index (κ2) is 8.56. The molecule has 1 aromatic rings. The molecule has 23 heavy (non-hydrogen) atoms. The molecule has 6 nitrogen and oxygen atoms in total. The molecule has 2 heterocycles. The maximum atomic E-state index is 12.1. The van der Waals surface area contributed by atoms with Gasteiger partial charge in [-0.1, -0.05) is 0 Å². The zero-order chi connectivity index (χ0) is 15.4. The van der Waals surface area contributed by atoms with Crippen LogP contribution in [0.4, 0.5) is 0 Å². The van der Waals surface area contributed by atoms with E-state index in [9.17, 15) is 4.79 Å². The Balaban J connectivity index is 0.00000192. The van der Waals surface area contributed by atoms with E-state index in [1.54, 1.807) is 6.26 Å². The average molecular weight is 432 g/mol. The number of carbonyl (C=O) groups is 1. The number of nitrogens with one attached hydrogen (secondary N) is 1. The lowest BCUT2D eigenvalue weighted by molar-refractivity contribution is -0.134. The zero-order valence-corrected chi connectivity index (χ0v) is 15.9. The first kappa shape index (κ1) is 18.1. The Morgan fingerprint density at radius 1 is 1.43 bits per heavy atom. The van der Waals surface area contributed by atoms with Gasteiger partial charge < -0.3 is 19.5 Å². The van der Waals surface area contributed by atoms with Gasteiger partial charge in [0.15, 0.2) is 5.96 Å². The largest absolute Gasteiger partial charge is 0.469 e. The highest BCUT2D eigenvalue weighted by atomic mass is 127. The molecule has 128 valence electrons. The second-order valence-corrected chi connectivity index (χ2v) is 5.85. The van der Waals surface area contributed by atoms with E-state index >= 15 is 0 Å². The molecule has 7 heteroatoms. The maximum Gasteiger partial charge on any atom is 0.242 e. The smallest absolute Gasteiger partial charge is 0.242 e. The molecule has 0 unspecified atom stereocenters. The molecule has 1 saturated heterocycles. The lowest BCUT2D eigenvalue weighted by Gasteiger charge is -2.35. The van der Waals surface area contributed by atoms with Crippen LogP contribution in [0.2, 0.25) is 0 Å². The van der Waals surface area contributed by atoms with Crippen molar-refractivity contribution in [3.8, 4) is 0 Å². The molecule has 0 spiro atoms. The first-order valence-corrected chi connectivity index (χ1v) is 8.12. The second-order valence-electron chi connectivity index (χ2n) is 5.85. The normalized spacial score (nSPS) is 18.8. The van der Waals surface area contributed by atoms with Crippen molar-refractivity contribution in [2.24, 2.45) is 4.99 Å². The SMILES string of the molecule is CCN1CCN(C(=NCCc2ccco2)NC2CC2)CC1=O.I. The average Bonchev–Trinajstić information content (AvgIpc) is 3.19. The van der Waals surface area contributed by atoms with Crippen LogP contribution < -0.4 is 5.32 Å². The molecule has 1 saturated carbocycles. The van der Waals surface area contributed by atoms with Gasteiger partial charge in [0.05, 0.1) is 12.8 Å². The van der Waals surface area contributed by atoms with Gasteiger partial charge in [0.1, 0.15) is 5.76 Å². The predicted molar refractivity (Wildman–Crippen MR) is 100 cm³/mol. The fourth-order valence-corrected chi connectivity index (χ4v) is 2.60. The van der Waals surface area contributed by atoms with E-state index in [-0.39, 0.29) is 29.9 Å². The molecule has 0 bridgehead atoms. The molecule has 0 aromatic carbocycles. The number of carbonyl (C=O) groups excluding carboxylic acids is 1. The molecule has 2 aliphatic rings. The summed E-state index contributed by atoms with van der Waals surface area (Å²) in [5.41, 5.74) is 0. The maximum absolute atomic E-state index is 12.1. The van der Waals surface area contributed by atoms with E-state index in [0.29, 0.717) is 19.1 Å². The van der Waals surface area contributed by atoms with Crippen molar-refractivity contribution < 1.29 is 9.21 Å². The number of aliphatic imine (C=N–C) groups is 1. The predicted octanol–water partition coefficient (Wildman–Crippen LogP) is 1.71. The number of likely N-dealkylation sites (N-methyl/N-ethyl adjacent to an activating group) is 1. The topological polar surface area (TPSA) is 61.1 Å². The lowest BCUT2D eigenvalue weighted by atomic mass is 10.3. The zero-order valence-electron chi connectivity index (χ0n) is 13.5. The van der Waals surface area contributed by atoms with Crippen LogP contribution >= 0.6 is 24.0 Å². The van der Waals surface area contributed by atoms with Crippen molar-refractivity contribution in [3.05, 3.63) is 24.2 Å². The van der Waals surface area contributed by atoms with Crippen LogP contribution in [0.25, 0.3) is 0 Å². The number of guanidine groups is 1. The van der Waals surface area contributed by atoms with E-state index in [4.69, 9.17) is 4.42 Å². The van der Waals surface area contributed by atoms with Crippen molar-refractivity contribution in [1.82, 2.24) is 15.1 Å². The Hall–Kier alpha value is -1.25. The van der Waals surface area contributed by atoms with Crippen LogP contribution in [0.5, 0.6) is 0 Å². The van der Waals surface area contributed by atoms with E-state index < -0.39 is 0 Å². The molecule has 1 aliphatic heterocycles. The van der Waals surface area contributed by atoms with Gasteiger partial charge >= 0.3 is 0 Å². The van der Waals surface area contributed by atoms with Crippen molar-refractivity contribution >= 4 is 35.8 Å². The van der Waals surface area contributed by atoms with Crippen molar-refractivity contribution in [2.75, 3.05) is 32.7 Å². The Kier molecular flexibility index (Phi) is 6.73. The first-order chi connectivity index (χ1) is 10.8. The number of hydrogen-bond donors (Lipinski definition) is 1. The van der Waals surface area contributed by atoms with E-state index in [2.05, 4.69) is 15.2 Å². The Morgan fingerprint density at radius 3 is 2.87 bits per heavy atom. The van der Waals surface area contributed by atoms with Gasteiger partial charge in [-0.2, -0.15) is 0 Å². The molecular weight excluding hydrogens is 407 g/mol. The van der Waals surface area contributed by atoms with Crippen LogP contribution in [0, 0.1) is 0 Å². The summed E-state index contributed by atoms with van der Waals surface area (Å²) < 4.78 is 5.34. The number of halogens is 1. The molecular formula is C16H25IN4O2. The van der Waals surface area contributed by atoms with Gasteiger partial charge in [0, 0.05) is 38.6 Å². The molecule has 1 amide bonds. The van der Waals surface area contributed by atoms with Crippen molar-refractivity contribution in [1.29, 1.82) is 0 Å². The quantitative estimate of drug-likeness (QED) is 0.437. The highest BCUT2D eigenvalue weighted by Crippen LogP contribution is 2.19. The molecule has 0 atom stereocenters. The van der Waals surface area contributed by atoms with Gasteiger partial charge in [0.25, 0.3) is 0 Å². The highest BCUT2D eigenvalue weighted by Gasteiger charge is 2.29. The number of piperazine rings is 1. The fourth-order valence-electron chi connectivity index (χ4n) is 2.60. The van der Waals surface area contributed by atoms with Crippen LogP contribution in [0.15, 0.2) is 27.8 Å². The minimum atomic E-state index is 0. The third kappa shape index (κ3) is 5.12. The molecule has 0 radical (unpaired) electrons. The highest BCUT2D eigenvalue weighted by molar-refractivity contribution is 14.0. The minimum absolute atomic E-state index is 0. The van der Waals surface area contributed by atoms with E-state index in [1.165, 1.54) is 12.8 Å². The summed E-state index contributed by atoms with van der Waals surface area (Å²) in [5.74, 6) is 2.00. The number of nitrogens with zero attached hydrogens (tertiary/aromatic N) is 3. The molecule has 1 aromatic heterocycles. The Morgan fingerprint density at radius 2 is 2.26 bits per heavy atom. The molecule has 1 N–H and O–H groups in total. The van der Waals surface area contributed by atoms with Gasteiger partial charge in [0.2, 0.25) is 5.91 Å². The van der Waals surface area contributed by atoms with Crippen LogP contribution in [0.3, 0.4) is 0 Å². The minimum Gasteiger partial charge on any atom is -0.469 e. The summed E-state index contributed by atoms with van der Waals surface area (Å²) in [6, 6.07) is 4.39. The van der Waals surface area contributed by atoms with Crippen LogP contribution in [-0.2, 0) is 11.2 Å². The number of furan rings is 1. The summed E-state index contributed by atoms with van der Waals surface area (Å²) >= 11 is 0. The van der Waals surface area contributed by atoms with Crippen molar-refractivity contribution in [3.63, 3.8) is 0 Å². The van der Waals surface area contributed by atoms with Gasteiger partial charge in [-0.15, -0.1) is 24.0 Å². The molecule has 1 aliphatic carbocycles. The molecule has 2 fully saturated rings. The van der Waals surface area contributed by atoms with Gasteiger partial charge in [-0.3, -0.25) is 9.79 Å². The third-order valence-corrected chi connectivity index (χ3v) is 4.11. The van der Waals surface area contributed by atoms with Gasteiger partial charge in [-0.05, 0) is 31.9 Å². The monoisotopic (exact) mass is 432 g/mol. The standard InChI is InChI=1S/C16H24N4O2.HI/c1-2-19-9-10-20(12-15(19)21)16(18-13-5-6-13)17-8-7-14-4-3-11-22-14;/h3-4,11,13H,2,5-10,12H2,1H3,(H,17,18);1H. The fraction of sp³-hybridized carbons (Fsp3) is 0.625. The summed E-state index contributed by atoms with van der Waals surface area (Å²) in [5, 5.41) is 3.47. The Bertz CT molecular complexity index is 528. The van der Waals surface area contributed by atoms with E-state index in [1.807, 2.05) is 24.0 Å². The number of amides is 1. The summed E-state index contributed by atoms with van der Waals surface area (Å²) in [6.07, 6.45) is 4.86. The summed E-state index contributed by atoms with van der Waals surface area (Å²) in [7, 11) is 0. The van der Waals surface area contributed by atoms with Gasteiger partial charge in [-0.25, -0.2) is 0 Å². The lowest BCUT2D eigenvalue weighted by Crippen LogP contribution is -2.55. The molecule has 3 rings (SSSR count). The number of rotatable bonds is 5. The van der Waals surface area contributed by atoms with Crippen LogP contribution in [-0.4, -0.2) is 60.4 Å². The summed E-state index contributed by atoms with van der Waals surface area (Å²) in [6.45, 7) is 5.53. The first-order valence-electron chi connectivity index (χ1n) is 8.12. The third-order valence-electron chi connectivity index (χ3n) is 4.11. The van der Waals surface area contributed by atoms with Crippen molar-refractivity contribution in [2.45, 2.75) is 32.2 Å². The summed E-state index contributed by atoms with van der Waals surface area (Å²) in [4.78, 5) is 20.8. The number of hydrogen-bond acceptors (Lipinski definition) is 3.